The Labute approximate surface area is 143 Å². The molecule has 1 saturated heterocycles. The van der Waals surface area contributed by atoms with Gasteiger partial charge in [0, 0.05) is 13.1 Å². The number of esters is 1. The van der Waals surface area contributed by atoms with Crippen molar-refractivity contribution < 1.29 is 22.7 Å². The summed E-state index contributed by atoms with van der Waals surface area (Å²) in [6.07, 6.45) is -4.17. The maximum atomic E-state index is 12.7. The highest BCUT2D eigenvalue weighted by molar-refractivity contribution is 6.29. The highest BCUT2D eigenvalue weighted by Crippen LogP contribution is 2.35. The zero-order valence-corrected chi connectivity index (χ0v) is 14.5. The standard InChI is InChI=1S/C16H20ClF3N2O2/c1-15(2,3)24-14(23)10-8-12(17)21-13(9-10)22-6-4-11(5-7-22)16(18,19)20/h8-9,11H,4-7H2,1-3H3. The van der Waals surface area contributed by atoms with E-state index in [9.17, 15) is 18.0 Å². The second-order valence-corrected chi connectivity index (χ2v) is 7.23. The van der Waals surface area contributed by atoms with Gasteiger partial charge in [-0.2, -0.15) is 13.2 Å². The number of ether oxygens (including phenoxy) is 1. The van der Waals surface area contributed by atoms with Gasteiger partial charge in [0.1, 0.15) is 16.6 Å². The molecule has 0 amide bonds. The van der Waals surface area contributed by atoms with Crippen LogP contribution in [0.2, 0.25) is 5.15 Å². The predicted octanol–water partition coefficient (Wildman–Crippen LogP) is 4.47. The molecule has 2 heterocycles. The van der Waals surface area contributed by atoms with Crippen molar-refractivity contribution in [3.63, 3.8) is 0 Å². The van der Waals surface area contributed by atoms with Crippen molar-refractivity contribution in [3.05, 3.63) is 22.8 Å². The number of carbonyl (C=O) groups is 1. The molecule has 2 rings (SSSR count). The molecule has 0 aliphatic carbocycles. The summed E-state index contributed by atoms with van der Waals surface area (Å²) in [5, 5.41) is 0.103. The molecule has 0 aromatic carbocycles. The van der Waals surface area contributed by atoms with Gasteiger partial charge in [0.25, 0.3) is 0 Å². The number of hydrogen-bond acceptors (Lipinski definition) is 4. The fourth-order valence-electron chi connectivity index (χ4n) is 2.54. The van der Waals surface area contributed by atoms with Gasteiger partial charge in [-0.1, -0.05) is 11.6 Å². The average molecular weight is 365 g/mol. The molecule has 0 spiro atoms. The van der Waals surface area contributed by atoms with E-state index in [4.69, 9.17) is 16.3 Å². The molecule has 1 fully saturated rings. The van der Waals surface area contributed by atoms with Crippen LogP contribution < -0.4 is 4.90 Å². The van der Waals surface area contributed by atoms with Gasteiger partial charge < -0.3 is 9.64 Å². The van der Waals surface area contributed by atoms with Crippen LogP contribution in [0.25, 0.3) is 0 Å². The third kappa shape index (κ3) is 5.00. The minimum absolute atomic E-state index is 0.000532. The number of nitrogens with zero attached hydrogens (tertiary/aromatic N) is 2. The van der Waals surface area contributed by atoms with Crippen LogP contribution in [0.15, 0.2) is 12.1 Å². The van der Waals surface area contributed by atoms with Gasteiger partial charge in [0.15, 0.2) is 0 Å². The predicted molar refractivity (Wildman–Crippen MR) is 85.4 cm³/mol. The minimum atomic E-state index is -4.17. The summed E-state index contributed by atoms with van der Waals surface area (Å²) in [5.74, 6) is -1.44. The molecule has 1 aliphatic rings. The van der Waals surface area contributed by atoms with Crippen LogP contribution in [0, 0.1) is 5.92 Å². The van der Waals surface area contributed by atoms with Gasteiger partial charge in [-0.15, -0.1) is 0 Å². The molecule has 0 radical (unpaired) electrons. The molecule has 1 aliphatic heterocycles. The number of alkyl halides is 3. The maximum Gasteiger partial charge on any atom is 0.391 e. The van der Waals surface area contributed by atoms with Crippen molar-refractivity contribution in [3.8, 4) is 0 Å². The van der Waals surface area contributed by atoms with E-state index in [1.165, 1.54) is 12.1 Å². The van der Waals surface area contributed by atoms with Crippen molar-refractivity contribution in [2.75, 3.05) is 18.0 Å². The monoisotopic (exact) mass is 364 g/mol. The molecular weight excluding hydrogens is 345 g/mol. The summed E-state index contributed by atoms with van der Waals surface area (Å²) in [5.41, 5.74) is -0.421. The zero-order valence-electron chi connectivity index (χ0n) is 13.8. The van der Waals surface area contributed by atoms with Crippen molar-refractivity contribution in [1.82, 2.24) is 4.98 Å². The summed E-state index contributed by atoms with van der Waals surface area (Å²) in [6, 6.07) is 2.90. The summed E-state index contributed by atoms with van der Waals surface area (Å²) in [7, 11) is 0. The van der Waals surface area contributed by atoms with Crippen LogP contribution in [0.5, 0.6) is 0 Å². The molecule has 0 atom stereocenters. The lowest BCUT2D eigenvalue weighted by molar-refractivity contribution is -0.179. The van der Waals surface area contributed by atoms with Gasteiger partial charge in [-0.05, 0) is 45.7 Å². The first-order valence-corrected chi connectivity index (χ1v) is 8.06. The molecule has 1 aromatic heterocycles. The second-order valence-electron chi connectivity index (χ2n) is 6.84. The van der Waals surface area contributed by atoms with Crippen LogP contribution in [-0.4, -0.2) is 35.8 Å². The molecule has 24 heavy (non-hydrogen) atoms. The summed E-state index contributed by atoms with van der Waals surface area (Å²) in [6.45, 7) is 5.67. The first-order chi connectivity index (χ1) is 11.0. The fourth-order valence-corrected chi connectivity index (χ4v) is 2.74. The first kappa shape index (κ1) is 18.8. The summed E-state index contributed by atoms with van der Waals surface area (Å²) in [4.78, 5) is 18.0. The van der Waals surface area contributed by atoms with Crippen LogP contribution in [0.4, 0.5) is 19.0 Å². The fraction of sp³-hybridized carbons (Fsp3) is 0.625. The number of aromatic nitrogens is 1. The van der Waals surface area contributed by atoms with Crippen molar-refractivity contribution >= 4 is 23.4 Å². The molecule has 0 bridgehead atoms. The number of anilines is 1. The third-order valence-electron chi connectivity index (χ3n) is 3.70. The van der Waals surface area contributed by atoms with Gasteiger partial charge in [-0.3, -0.25) is 0 Å². The Hall–Kier alpha value is -1.50. The highest BCUT2D eigenvalue weighted by Gasteiger charge is 2.41. The second kappa shape index (κ2) is 6.78. The normalized spacial score (nSPS) is 17.0. The molecule has 134 valence electrons. The Morgan fingerprint density at radius 3 is 2.33 bits per heavy atom. The van der Waals surface area contributed by atoms with E-state index < -0.39 is 23.7 Å². The topological polar surface area (TPSA) is 42.4 Å². The Bertz CT molecular complexity index is 606. The van der Waals surface area contributed by atoms with E-state index in [1.807, 2.05) is 0 Å². The minimum Gasteiger partial charge on any atom is -0.456 e. The SMILES string of the molecule is CC(C)(C)OC(=O)c1cc(Cl)nc(N2CCC(C(F)(F)F)CC2)c1. The van der Waals surface area contributed by atoms with Crippen LogP contribution >= 0.6 is 11.6 Å². The lowest BCUT2D eigenvalue weighted by atomic mass is 9.96. The first-order valence-electron chi connectivity index (χ1n) is 7.68. The Morgan fingerprint density at radius 1 is 1.25 bits per heavy atom. The van der Waals surface area contributed by atoms with Crippen molar-refractivity contribution in [2.24, 2.45) is 5.92 Å². The number of carbonyl (C=O) groups excluding carboxylic acids is 1. The average Bonchev–Trinajstić information content (AvgIpc) is 2.44. The Balaban J connectivity index is 2.14. The number of pyridine rings is 1. The van der Waals surface area contributed by atoms with Crippen molar-refractivity contribution in [2.45, 2.75) is 45.4 Å². The van der Waals surface area contributed by atoms with E-state index >= 15 is 0 Å². The number of hydrogen-bond donors (Lipinski definition) is 0. The largest absolute Gasteiger partial charge is 0.456 e. The van der Waals surface area contributed by atoms with E-state index in [-0.39, 0.29) is 36.6 Å². The van der Waals surface area contributed by atoms with Gasteiger partial charge in [0.05, 0.1) is 11.5 Å². The summed E-state index contributed by atoms with van der Waals surface area (Å²) < 4.78 is 43.5. The molecule has 0 N–H and O–H groups in total. The maximum absolute atomic E-state index is 12.7. The summed E-state index contributed by atoms with van der Waals surface area (Å²) >= 11 is 5.96. The van der Waals surface area contributed by atoms with Gasteiger partial charge >= 0.3 is 12.1 Å². The lowest BCUT2D eigenvalue weighted by Gasteiger charge is -2.33. The van der Waals surface area contributed by atoms with Crippen molar-refractivity contribution in [1.29, 1.82) is 0 Å². The number of rotatable bonds is 2. The van der Waals surface area contributed by atoms with Gasteiger partial charge in [-0.25, -0.2) is 9.78 Å². The Morgan fingerprint density at radius 2 is 1.83 bits per heavy atom. The van der Waals surface area contributed by atoms with Crippen LogP contribution in [-0.2, 0) is 4.74 Å². The quantitative estimate of drug-likeness (QED) is 0.573. The molecule has 8 heteroatoms. The van der Waals surface area contributed by atoms with E-state index in [0.29, 0.717) is 5.82 Å². The highest BCUT2D eigenvalue weighted by atomic mass is 35.5. The van der Waals surface area contributed by atoms with Gasteiger partial charge in [0.2, 0.25) is 0 Å². The zero-order chi connectivity index (χ0) is 18.1. The lowest BCUT2D eigenvalue weighted by Crippen LogP contribution is -2.39. The molecular formula is C16H20ClF3N2O2. The molecule has 4 nitrogen and oxygen atoms in total. The van der Waals surface area contributed by atoms with Crippen LogP contribution in [0.1, 0.15) is 44.0 Å². The smallest absolute Gasteiger partial charge is 0.391 e. The molecule has 1 aromatic rings. The van der Waals surface area contributed by atoms with E-state index in [1.54, 1.807) is 25.7 Å². The number of halogens is 4. The van der Waals surface area contributed by atoms with E-state index in [0.717, 1.165) is 0 Å². The number of piperidine rings is 1. The van der Waals surface area contributed by atoms with Crippen LogP contribution in [0.3, 0.4) is 0 Å². The Kier molecular flexibility index (Phi) is 5.32. The third-order valence-corrected chi connectivity index (χ3v) is 3.89. The molecule has 0 unspecified atom stereocenters. The molecule has 0 saturated carbocycles. The van der Waals surface area contributed by atoms with E-state index in [2.05, 4.69) is 4.98 Å².